The average molecular weight is 184 g/mol. The Morgan fingerprint density at radius 1 is 1.62 bits per heavy atom. The van der Waals surface area contributed by atoms with Gasteiger partial charge in [0.2, 0.25) is 0 Å². The third-order valence-corrected chi connectivity index (χ3v) is 2.86. The molecule has 1 aliphatic rings. The van der Waals surface area contributed by atoms with E-state index in [1.165, 1.54) is 5.57 Å². The van der Waals surface area contributed by atoms with Crippen LogP contribution in [0.15, 0.2) is 21.0 Å². The third-order valence-electron chi connectivity index (χ3n) is 1.39. The first kappa shape index (κ1) is 6.48. The molecule has 0 nitrogen and oxygen atoms in total. The van der Waals surface area contributed by atoms with Gasteiger partial charge in [0.1, 0.15) is 0 Å². The van der Waals surface area contributed by atoms with Crippen LogP contribution >= 0.6 is 0 Å². The Balaban J connectivity index is 2.78. The fourth-order valence-electron chi connectivity index (χ4n) is 0.909. The summed E-state index contributed by atoms with van der Waals surface area (Å²) in [5.74, 6) is 0.730. The Morgan fingerprint density at radius 2 is 2.25 bits per heavy atom. The van der Waals surface area contributed by atoms with Crippen molar-refractivity contribution in [2.45, 2.75) is 13.8 Å². The van der Waals surface area contributed by atoms with Gasteiger partial charge in [-0.05, 0) is 0 Å². The molecule has 8 heavy (non-hydrogen) atoms. The first-order valence-electron chi connectivity index (χ1n) is 2.82. The molecular weight excluding hydrogens is 175 g/mol. The van der Waals surface area contributed by atoms with Gasteiger partial charge in [0.25, 0.3) is 0 Å². The van der Waals surface area contributed by atoms with Gasteiger partial charge in [-0.15, -0.1) is 0 Å². The second-order valence-corrected chi connectivity index (χ2v) is 3.72. The third kappa shape index (κ3) is 1.20. The summed E-state index contributed by atoms with van der Waals surface area (Å²) in [6.07, 6.45) is 4.59. The van der Waals surface area contributed by atoms with E-state index in [0.29, 0.717) is 0 Å². The van der Waals surface area contributed by atoms with Gasteiger partial charge in [-0.3, -0.25) is 0 Å². The zero-order chi connectivity index (χ0) is 6.15. The quantitative estimate of drug-likeness (QED) is 0.540. The molecule has 0 aromatic heterocycles. The molecule has 0 saturated heterocycles. The van der Waals surface area contributed by atoms with Crippen molar-refractivity contribution in [1.82, 2.24) is 0 Å². The van der Waals surface area contributed by atoms with Gasteiger partial charge in [0.05, 0.1) is 0 Å². The summed E-state index contributed by atoms with van der Waals surface area (Å²) in [6.45, 7) is 4.41. The molecule has 0 saturated carbocycles. The zero-order valence-corrected chi connectivity index (χ0v) is 7.69. The number of hydrogen-bond donors (Lipinski definition) is 0. The molecule has 0 aliphatic heterocycles. The summed E-state index contributed by atoms with van der Waals surface area (Å²) in [5, 5.41) is 0. The molecule has 41 valence electrons. The fourth-order valence-corrected chi connectivity index (χ4v) is 1.67. The first-order chi connectivity index (χ1) is 3.70. The van der Waals surface area contributed by atoms with Crippen molar-refractivity contribution in [3.63, 3.8) is 0 Å². The molecule has 0 bridgehead atoms. The van der Waals surface area contributed by atoms with Crippen LogP contribution < -0.4 is 0 Å². The number of allylic oxidation sites excluding steroid dienone is 4. The van der Waals surface area contributed by atoms with Gasteiger partial charge < -0.3 is 0 Å². The molecule has 0 fully saturated rings. The van der Waals surface area contributed by atoms with Gasteiger partial charge >= 0.3 is 65.5 Å². The molecule has 1 unspecified atom stereocenters. The minimum atomic E-state index is 0.730. The molecule has 0 aromatic carbocycles. The van der Waals surface area contributed by atoms with E-state index >= 15 is 0 Å². The van der Waals surface area contributed by atoms with Gasteiger partial charge in [-0.25, -0.2) is 0 Å². The molecule has 0 aromatic rings. The molecule has 1 heteroatoms. The van der Waals surface area contributed by atoms with Crippen molar-refractivity contribution in [1.29, 1.82) is 0 Å². The van der Waals surface area contributed by atoms with Crippen molar-refractivity contribution < 1.29 is 24.7 Å². The molecule has 0 spiro atoms. The molecule has 0 radical (unpaired) electrons. The van der Waals surface area contributed by atoms with E-state index in [1.54, 1.807) is 28.0 Å². The second-order valence-electron chi connectivity index (χ2n) is 2.30. The Bertz CT molecular complexity index is 154. The molecule has 1 rings (SSSR count). The molecule has 0 N–H and O–H groups in total. The van der Waals surface area contributed by atoms with Crippen LogP contribution in [0, 0.1) is 5.92 Å². The molecule has 0 amide bonds. The van der Waals surface area contributed by atoms with Crippen molar-refractivity contribution in [3.05, 3.63) is 21.0 Å². The normalized spacial score (nSPS) is 27.4. The number of hydrogen-bond acceptors (Lipinski definition) is 0. The van der Waals surface area contributed by atoms with Crippen LogP contribution in [-0.2, 0) is 24.7 Å². The van der Waals surface area contributed by atoms with E-state index in [9.17, 15) is 0 Å². The Labute approximate surface area is 65.5 Å². The van der Waals surface area contributed by atoms with Gasteiger partial charge in [-0.2, -0.15) is 0 Å². The summed E-state index contributed by atoms with van der Waals surface area (Å²) in [7, 11) is 0. The summed E-state index contributed by atoms with van der Waals surface area (Å²) < 4.78 is 1.58. The van der Waals surface area contributed by atoms with E-state index in [0.717, 1.165) is 5.92 Å². The molecule has 1 atom stereocenters. The fraction of sp³-hybridized carbons (Fsp3) is 0.429. The predicted octanol–water partition coefficient (Wildman–Crippen LogP) is 2.01. The monoisotopic (exact) mass is 183 g/mol. The summed E-state index contributed by atoms with van der Waals surface area (Å²) in [5.41, 5.74) is 1.43. The SMILES string of the molecule is CC1=CC(C)[C]([Zr])=C1. The van der Waals surface area contributed by atoms with E-state index in [-0.39, 0.29) is 0 Å². The number of rotatable bonds is 0. The van der Waals surface area contributed by atoms with E-state index in [4.69, 9.17) is 0 Å². The Morgan fingerprint density at radius 3 is 2.38 bits per heavy atom. The van der Waals surface area contributed by atoms with E-state index in [1.807, 2.05) is 0 Å². The summed E-state index contributed by atoms with van der Waals surface area (Å²) >= 11 is 1.57. The van der Waals surface area contributed by atoms with Crippen LogP contribution in [0.25, 0.3) is 0 Å². The standard InChI is InChI=1S/C7H9.Zr/c1-6-3-4-7(2)5-6;/h3,5,7H,1-2H3;. The topological polar surface area (TPSA) is 0 Å². The van der Waals surface area contributed by atoms with Gasteiger partial charge in [-0.1, -0.05) is 0 Å². The zero-order valence-electron chi connectivity index (χ0n) is 5.23. The van der Waals surface area contributed by atoms with E-state index < -0.39 is 0 Å². The maximum absolute atomic E-state index is 2.31. The van der Waals surface area contributed by atoms with Crippen molar-refractivity contribution >= 4 is 0 Å². The van der Waals surface area contributed by atoms with Crippen LogP contribution in [0.2, 0.25) is 0 Å². The molecule has 1 aliphatic carbocycles. The maximum atomic E-state index is 2.31. The van der Waals surface area contributed by atoms with Crippen molar-refractivity contribution in [3.8, 4) is 0 Å². The Kier molecular flexibility index (Phi) is 1.87. The second kappa shape index (κ2) is 2.31. The van der Waals surface area contributed by atoms with E-state index in [2.05, 4.69) is 26.0 Å². The van der Waals surface area contributed by atoms with Gasteiger partial charge in [0, 0.05) is 0 Å². The van der Waals surface area contributed by atoms with Crippen LogP contribution in [-0.4, -0.2) is 0 Å². The van der Waals surface area contributed by atoms with Crippen molar-refractivity contribution in [2.24, 2.45) is 5.92 Å². The van der Waals surface area contributed by atoms with Gasteiger partial charge in [0.15, 0.2) is 0 Å². The molecule has 0 heterocycles. The molecular formula is C7H9Zr. The average Bonchev–Trinajstić information content (AvgIpc) is 1.85. The van der Waals surface area contributed by atoms with Crippen LogP contribution in [0.4, 0.5) is 0 Å². The van der Waals surface area contributed by atoms with Crippen LogP contribution in [0.1, 0.15) is 13.8 Å². The Hall–Kier alpha value is 0.363. The summed E-state index contributed by atoms with van der Waals surface area (Å²) in [6, 6.07) is 0. The van der Waals surface area contributed by atoms with Crippen molar-refractivity contribution in [2.75, 3.05) is 0 Å². The minimum absolute atomic E-state index is 0.730. The predicted molar refractivity (Wildman–Crippen MR) is 31.0 cm³/mol. The van der Waals surface area contributed by atoms with Crippen LogP contribution in [0.3, 0.4) is 0 Å². The summed E-state index contributed by atoms with van der Waals surface area (Å²) in [4.78, 5) is 0. The first-order valence-corrected chi connectivity index (χ1v) is 4.04. The van der Waals surface area contributed by atoms with Crippen LogP contribution in [0.5, 0.6) is 0 Å².